The number of anilines is 1. The quantitative estimate of drug-likeness (QED) is 0.825. The molecule has 15 heavy (non-hydrogen) atoms. The molecule has 0 atom stereocenters. The highest BCUT2D eigenvalue weighted by Crippen LogP contribution is 2.35. The Morgan fingerprint density at radius 3 is 2.60 bits per heavy atom. The fourth-order valence-electron chi connectivity index (χ4n) is 1.36. The maximum absolute atomic E-state index is 6.09. The van der Waals surface area contributed by atoms with Crippen molar-refractivity contribution >= 4 is 28.9 Å². The lowest BCUT2D eigenvalue weighted by Crippen LogP contribution is -1.91. The summed E-state index contributed by atoms with van der Waals surface area (Å²) in [7, 11) is 0. The van der Waals surface area contributed by atoms with E-state index in [0.29, 0.717) is 15.7 Å². The molecule has 0 saturated carbocycles. The highest BCUT2D eigenvalue weighted by Gasteiger charge is 2.08. The minimum absolute atomic E-state index is 0.511. The fourth-order valence-corrected chi connectivity index (χ4v) is 1.77. The highest BCUT2D eigenvalue weighted by atomic mass is 35.5. The Morgan fingerprint density at radius 2 is 1.87 bits per heavy atom. The SMILES string of the molecule is Nc1cnccc1-c1cccc(Cl)c1Cl. The van der Waals surface area contributed by atoms with Crippen LogP contribution < -0.4 is 5.73 Å². The third-order valence-electron chi connectivity index (χ3n) is 2.09. The summed E-state index contributed by atoms with van der Waals surface area (Å²) in [5, 5.41) is 1.03. The predicted molar refractivity (Wildman–Crippen MR) is 64.1 cm³/mol. The predicted octanol–water partition coefficient (Wildman–Crippen LogP) is 3.64. The second kappa shape index (κ2) is 4.09. The molecule has 1 heterocycles. The first-order chi connectivity index (χ1) is 7.20. The molecule has 0 aliphatic heterocycles. The van der Waals surface area contributed by atoms with Crippen molar-refractivity contribution in [3.05, 3.63) is 46.7 Å². The van der Waals surface area contributed by atoms with Gasteiger partial charge in [0.15, 0.2) is 0 Å². The first-order valence-electron chi connectivity index (χ1n) is 4.34. The number of rotatable bonds is 1. The van der Waals surface area contributed by atoms with E-state index in [1.165, 1.54) is 0 Å². The van der Waals surface area contributed by atoms with E-state index in [1.54, 1.807) is 18.5 Å². The number of nitrogens with two attached hydrogens (primary N) is 1. The summed E-state index contributed by atoms with van der Waals surface area (Å²) in [6.45, 7) is 0. The lowest BCUT2D eigenvalue weighted by Gasteiger charge is -2.07. The molecular weight excluding hydrogens is 231 g/mol. The maximum Gasteiger partial charge on any atom is 0.0671 e. The summed E-state index contributed by atoms with van der Waals surface area (Å²) in [4.78, 5) is 3.92. The molecule has 2 rings (SSSR count). The normalized spacial score (nSPS) is 10.3. The molecule has 1 aromatic carbocycles. The summed E-state index contributed by atoms with van der Waals surface area (Å²) in [6.07, 6.45) is 3.26. The van der Waals surface area contributed by atoms with Gasteiger partial charge in [0.05, 0.1) is 21.9 Å². The summed E-state index contributed by atoms with van der Waals surface area (Å²) < 4.78 is 0. The minimum Gasteiger partial charge on any atom is -0.397 e. The molecule has 0 radical (unpaired) electrons. The van der Waals surface area contributed by atoms with Crippen LogP contribution in [0.15, 0.2) is 36.7 Å². The highest BCUT2D eigenvalue weighted by molar-refractivity contribution is 6.43. The second-order valence-electron chi connectivity index (χ2n) is 3.06. The van der Waals surface area contributed by atoms with E-state index < -0.39 is 0 Å². The lowest BCUT2D eigenvalue weighted by atomic mass is 10.1. The zero-order valence-electron chi connectivity index (χ0n) is 7.74. The number of nitrogens with zero attached hydrogens (tertiary/aromatic N) is 1. The van der Waals surface area contributed by atoms with E-state index in [0.717, 1.165) is 11.1 Å². The van der Waals surface area contributed by atoms with E-state index in [4.69, 9.17) is 28.9 Å². The van der Waals surface area contributed by atoms with Gasteiger partial charge in [-0.25, -0.2) is 0 Å². The molecule has 76 valence electrons. The molecule has 0 fully saturated rings. The zero-order chi connectivity index (χ0) is 10.8. The van der Waals surface area contributed by atoms with Gasteiger partial charge in [-0.2, -0.15) is 0 Å². The minimum atomic E-state index is 0.511. The molecule has 1 aromatic heterocycles. The number of halogens is 2. The number of aromatic nitrogens is 1. The van der Waals surface area contributed by atoms with Crippen LogP contribution in [0.1, 0.15) is 0 Å². The van der Waals surface area contributed by atoms with Crippen molar-refractivity contribution in [3.8, 4) is 11.1 Å². The molecule has 0 amide bonds. The first kappa shape index (κ1) is 10.3. The molecule has 2 aromatic rings. The van der Waals surface area contributed by atoms with Crippen LogP contribution in [0.2, 0.25) is 10.0 Å². The monoisotopic (exact) mass is 238 g/mol. The second-order valence-corrected chi connectivity index (χ2v) is 3.85. The van der Waals surface area contributed by atoms with Gasteiger partial charge in [-0.05, 0) is 12.1 Å². The Balaban J connectivity index is 2.65. The zero-order valence-corrected chi connectivity index (χ0v) is 9.26. The fraction of sp³-hybridized carbons (Fsp3) is 0. The molecule has 2 N–H and O–H groups in total. The van der Waals surface area contributed by atoms with E-state index >= 15 is 0 Å². The Kier molecular flexibility index (Phi) is 2.80. The molecule has 4 heteroatoms. The van der Waals surface area contributed by atoms with Crippen LogP contribution in [0, 0.1) is 0 Å². The van der Waals surface area contributed by atoms with Crippen LogP contribution in [-0.4, -0.2) is 4.98 Å². The maximum atomic E-state index is 6.09. The Labute approximate surface area is 97.7 Å². The van der Waals surface area contributed by atoms with Crippen LogP contribution >= 0.6 is 23.2 Å². The van der Waals surface area contributed by atoms with Crippen molar-refractivity contribution < 1.29 is 0 Å². The van der Waals surface area contributed by atoms with Crippen molar-refractivity contribution in [3.63, 3.8) is 0 Å². The van der Waals surface area contributed by atoms with Crippen LogP contribution in [0.3, 0.4) is 0 Å². The molecule has 0 bridgehead atoms. The Morgan fingerprint density at radius 1 is 1.07 bits per heavy atom. The molecule has 0 saturated heterocycles. The van der Waals surface area contributed by atoms with Gasteiger partial charge >= 0.3 is 0 Å². The number of pyridine rings is 1. The van der Waals surface area contributed by atoms with E-state index in [9.17, 15) is 0 Å². The molecule has 0 aliphatic rings. The third-order valence-corrected chi connectivity index (χ3v) is 2.91. The Hall–Kier alpha value is -1.25. The van der Waals surface area contributed by atoms with Crippen molar-refractivity contribution in [1.82, 2.24) is 4.98 Å². The van der Waals surface area contributed by atoms with Crippen molar-refractivity contribution in [1.29, 1.82) is 0 Å². The average molecular weight is 239 g/mol. The standard InChI is InChI=1S/C11H8Cl2N2/c12-9-3-1-2-8(11(9)13)7-4-5-15-6-10(7)14/h1-6H,14H2. The summed E-state index contributed by atoms with van der Waals surface area (Å²) in [6, 6.07) is 7.26. The topological polar surface area (TPSA) is 38.9 Å². The van der Waals surface area contributed by atoms with Gasteiger partial charge in [0, 0.05) is 17.3 Å². The van der Waals surface area contributed by atoms with Gasteiger partial charge in [0.25, 0.3) is 0 Å². The number of hydrogen-bond acceptors (Lipinski definition) is 2. The molecule has 2 nitrogen and oxygen atoms in total. The van der Waals surface area contributed by atoms with Gasteiger partial charge in [0.2, 0.25) is 0 Å². The lowest BCUT2D eigenvalue weighted by molar-refractivity contribution is 1.33. The van der Waals surface area contributed by atoms with Gasteiger partial charge in [-0.1, -0.05) is 35.3 Å². The summed E-state index contributed by atoms with van der Waals surface area (Å²) in [5.41, 5.74) is 8.06. The van der Waals surface area contributed by atoms with Crippen LogP contribution in [0.5, 0.6) is 0 Å². The molecule has 0 spiro atoms. The Bertz CT molecular complexity index is 498. The van der Waals surface area contributed by atoms with E-state index in [1.807, 2.05) is 18.2 Å². The first-order valence-corrected chi connectivity index (χ1v) is 5.09. The largest absolute Gasteiger partial charge is 0.397 e. The molecule has 0 unspecified atom stereocenters. The van der Waals surface area contributed by atoms with Crippen molar-refractivity contribution in [2.45, 2.75) is 0 Å². The van der Waals surface area contributed by atoms with Gasteiger partial charge in [0.1, 0.15) is 0 Å². The number of hydrogen-bond donors (Lipinski definition) is 1. The number of nitrogen functional groups attached to an aromatic ring is 1. The van der Waals surface area contributed by atoms with Crippen molar-refractivity contribution in [2.24, 2.45) is 0 Å². The van der Waals surface area contributed by atoms with Crippen LogP contribution in [0.4, 0.5) is 5.69 Å². The van der Waals surface area contributed by atoms with Crippen molar-refractivity contribution in [2.75, 3.05) is 5.73 Å². The van der Waals surface area contributed by atoms with Crippen LogP contribution in [-0.2, 0) is 0 Å². The third kappa shape index (κ3) is 1.91. The van der Waals surface area contributed by atoms with Gasteiger partial charge < -0.3 is 5.73 Å². The molecule has 0 aliphatic carbocycles. The smallest absolute Gasteiger partial charge is 0.0671 e. The van der Waals surface area contributed by atoms with Gasteiger partial charge in [-0.3, -0.25) is 4.98 Å². The average Bonchev–Trinajstić information content (AvgIpc) is 2.23. The van der Waals surface area contributed by atoms with E-state index in [2.05, 4.69) is 4.98 Å². The molecular formula is C11H8Cl2N2. The van der Waals surface area contributed by atoms with Gasteiger partial charge in [-0.15, -0.1) is 0 Å². The summed E-state index contributed by atoms with van der Waals surface area (Å²) in [5.74, 6) is 0. The van der Waals surface area contributed by atoms with E-state index in [-0.39, 0.29) is 0 Å². The summed E-state index contributed by atoms with van der Waals surface area (Å²) >= 11 is 12.0. The number of benzene rings is 1. The van der Waals surface area contributed by atoms with Crippen LogP contribution in [0.25, 0.3) is 11.1 Å².